The van der Waals surface area contributed by atoms with Crippen molar-refractivity contribution in [2.24, 2.45) is 0 Å². The number of ether oxygens (including phenoxy) is 2. The molecular weight excluding hydrogens is 190 g/mol. The van der Waals surface area contributed by atoms with E-state index in [0.29, 0.717) is 0 Å². The van der Waals surface area contributed by atoms with Crippen LogP contribution in [0.2, 0.25) is 0 Å². The number of hydrogen-bond donors (Lipinski definition) is 0. The highest BCUT2D eigenvalue weighted by atomic mass is 31.1. The van der Waals surface area contributed by atoms with E-state index in [1.807, 2.05) is 0 Å². The summed E-state index contributed by atoms with van der Waals surface area (Å²) >= 11 is 0. The third kappa shape index (κ3) is 1.89. The largest absolute Gasteiger partial charge is 0.561 e. The summed E-state index contributed by atoms with van der Waals surface area (Å²) in [5.41, 5.74) is 0. The highest BCUT2D eigenvalue weighted by molar-refractivity contribution is 7.39. The second-order valence-electron chi connectivity index (χ2n) is 1.93. The van der Waals surface area contributed by atoms with E-state index in [2.05, 4.69) is 14.0 Å². The summed E-state index contributed by atoms with van der Waals surface area (Å²) in [6.45, 7) is 1.76. The maximum atomic E-state index is 12.6. The molecule has 0 spiro atoms. The maximum absolute atomic E-state index is 12.6. The van der Waals surface area contributed by atoms with Gasteiger partial charge in [-0.25, -0.2) is 4.79 Å². The molecule has 12 heavy (non-hydrogen) atoms. The van der Waals surface area contributed by atoms with Crippen molar-refractivity contribution in [3.05, 3.63) is 0 Å². The Labute approximate surface area is 68.7 Å². The number of rotatable bonds is 3. The molecule has 0 aromatic carbocycles. The number of alkyl halides is 1. The van der Waals surface area contributed by atoms with E-state index in [9.17, 15) is 13.8 Å². The van der Waals surface area contributed by atoms with Crippen LogP contribution in [0, 0.1) is 0 Å². The molecule has 1 aliphatic heterocycles. The molecule has 0 N–H and O–H groups in total. The van der Waals surface area contributed by atoms with Crippen molar-refractivity contribution in [3.8, 4) is 0 Å². The van der Waals surface area contributed by atoms with Gasteiger partial charge in [-0.05, 0) is 11.5 Å². The van der Waals surface area contributed by atoms with E-state index in [-0.39, 0.29) is 6.61 Å². The van der Waals surface area contributed by atoms with Gasteiger partial charge in [0.05, 0.1) is 6.61 Å². The Morgan fingerprint density at radius 1 is 1.67 bits per heavy atom. The zero-order valence-electron chi connectivity index (χ0n) is 6.23. The predicted octanol–water partition coefficient (Wildman–Crippen LogP) is 1.55. The first kappa shape index (κ1) is 9.35. The van der Waals surface area contributed by atoms with Crippen LogP contribution in [-0.2, 0) is 18.6 Å². The standard InChI is InChI=1S/C5H7FO5P/c1-2-9-12(8)4-3(6)10-5(7)11-4/h3-4H,2H2,1H3/q+1. The van der Waals surface area contributed by atoms with Gasteiger partial charge in [0.15, 0.2) is 0 Å². The van der Waals surface area contributed by atoms with Crippen LogP contribution in [0.1, 0.15) is 6.92 Å². The average Bonchev–Trinajstić information content (AvgIpc) is 2.30. The summed E-state index contributed by atoms with van der Waals surface area (Å²) < 4.78 is 36.3. The maximum Gasteiger partial charge on any atom is 0.561 e. The molecule has 3 unspecified atom stereocenters. The Kier molecular flexibility index (Phi) is 2.94. The molecule has 0 aromatic rings. The SMILES string of the molecule is CCO[P+](=O)C1OC(=O)OC1F. The molecule has 1 fully saturated rings. The lowest BCUT2D eigenvalue weighted by Gasteiger charge is -1.94. The zero-order chi connectivity index (χ0) is 9.14. The van der Waals surface area contributed by atoms with E-state index in [0.717, 1.165) is 0 Å². The average molecular weight is 197 g/mol. The van der Waals surface area contributed by atoms with Gasteiger partial charge in [-0.2, -0.15) is 4.39 Å². The lowest BCUT2D eigenvalue weighted by Crippen LogP contribution is -2.13. The van der Waals surface area contributed by atoms with Gasteiger partial charge in [0, 0.05) is 0 Å². The van der Waals surface area contributed by atoms with Crippen molar-refractivity contribution in [2.75, 3.05) is 6.61 Å². The summed E-state index contributed by atoms with van der Waals surface area (Å²) in [6, 6.07) is 0. The van der Waals surface area contributed by atoms with Crippen molar-refractivity contribution in [3.63, 3.8) is 0 Å². The number of cyclic esters (lactones) is 2. The molecule has 1 heterocycles. The lowest BCUT2D eigenvalue weighted by atomic mass is 10.7. The summed E-state index contributed by atoms with van der Waals surface area (Å²) in [5.74, 6) is -1.42. The predicted molar refractivity (Wildman–Crippen MR) is 35.5 cm³/mol. The zero-order valence-corrected chi connectivity index (χ0v) is 7.12. The van der Waals surface area contributed by atoms with Crippen molar-refractivity contribution in [1.82, 2.24) is 0 Å². The van der Waals surface area contributed by atoms with Crippen LogP contribution < -0.4 is 0 Å². The molecule has 1 aliphatic rings. The second kappa shape index (κ2) is 3.78. The summed E-state index contributed by atoms with van der Waals surface area (Å²) in [6.07, 6.45) is -3.15. The number of hydrogen-bond acceptors (Lipinski definition) is 5. The van der Waals surface area contributed by atoms with Crippen LogP contribution in [-0.4, -0.2) is 25.0 Å². The summed E-state index contributed by atoms with van der Waals surface area (Å²) in [4.78, 5) is 10.3. The first-order valence-electron chi connectivity index (χ1n) is 3.25. The van der Waals surface area contributed by atoms with Crippen LogP contribution >= 0.6 is 8.03 Å². The molecule has 68 valence electrons. The molecule has 5 nitrogen and oxygen atoms in total. The number of carbonyl (C=O) groups excluding carboxylic acids is 1. The highest BCUT2D eigenvalue weighted by Gasteiger charge is 2.52. The van der Waals surface area contributed by atoms with E-state index in [4.69, 9.17) is 0 Å². The third-order valence-electron chi connectivity index (χ3n) is 1.11. The van der Waals surface area contributed by atoms with E-state index < -0.39 is 26.4 Å². The fourth-order valence-corrected chi connectivity index (χ4v) is 1.50. The Morgan fingerprint density at radius 2 is 2.33 bits per heavy atom. The molecule has 0 bridgehead atoms. The molecule has 0 radical (unpaired) electrons. The van der Waals surface area contributed by atoms with E-state index >= 15 is 0 Å². The van der Waals surface area contributed by atoms with E-state index in [1.165, 1.54) is 0 Å². The van der Waals surface area contributed by atoms with Gasteiger partial charge >= 0.3 is 26.4 Å². The minimum Gasteiger partial charge on any atom is -0.390 e. The topological polar surface area (TPSA) is 61.8 Å². The fourth-order valence-electron chi connectivity index (χ4n) is 0.669. The van der Waals surface area contributed by atoms with Crippen molar-refractivity contribution in [2.45, 2.75) is 19.1 Å². The Morgan fingerprint density at radius 3 is 2.75 bits per heavy atom. The van der Waals surface area contributed by atoms with Crippen molar-refractivity contribution in [1.29, 1.82) is 0 Å². The Balaban J connectivity index is 2.52. The van der Waals surface area contributed by atoms with Gasteiger partial charge in [-0.1, -0.05) is 0 Å². The van der Waals surface area contributed by atoms with Crippen molar-refractivity contribution >= 4 is 14.2 Å². The van der Waals surface area contributed by atoms with Gasteiger partial charge < -0.3 is 9.47 Å². The number of carbonyl (C=O) groups is 1. The van der Waals surface area contributed by atoms with Gasteiger partial charge in [0.2, 0.25) is 0 Å². The minimum absolute atomic E-state index is 0.163. The van der Waals surface area contributed by atoms with Crippen LogP contribution in [0.5, 0.6) is 0 Å². The molecule has 0 aromatic heterocycles. The molecule has 7 heteroatoms. The van der Waals surface area contributed by atoms with E-state index in [1.54, 1.807) is 6.92 Å². The lowest BCUT2D eigenvalue weighted by molar-refractivity contribution is 0.0490. The fraction of sp³-hybridized carbons (Fsp3) is 0.800. The van der Waals surface area contributed by atoms with Crippen LogP contribution in [0.4, 0.5) is 9.18 Å². The van der Waals surface area contributed by atoms with Crippen LogP contribution in [0.3, 0.4) is 0 Å². The quantitative estimate of drug-likeness (QED) is 0.507. The molecule has 3 atom stereocenters. The molecule has 0 aliphatic carbocycles. The second-order valence-corrected chi connectivity index (χ2v) is 3.27. The highest BCUT2D eigenvalue weighted by Crippen LogP contribution is 2.37. The van der Waals surface area contributed by atoms with Crippen molar-refractivity contribution < 1.29 is 27.7 Å². The van der Waals surface area contributed by atoms with Gasteiger partial charge in [-0.3, -0.25) is 0 Å². The van der Waals surface area contributed by atoms with Gasteiger partial charge in [0.25, 0.3) is 0 Å². The van der Waals surface area contributed by atoms with Crippen LogP contribution in [0.15, 0.2) is 0 Å². The smallest absolute Gasteiger partial charge is 0.390 e. The van der Waals surface area contributed by atoms with Gasteiger partial charge in [0.1, 0.15) is 0 Å². The Bertz CT molecular complexity index is 208. The summed E-state index contributed by atoms with van der Waals surface area (Å²) in [7, 11) is -2.34. The normalized spacial score (nSPS) is 29.5. The van der Waals surface area contributed by atoms with Crippen LogP contribution in [0.25, 0.3) is 0 Å². The summed E-state index contributed by atoms with van der Waals surface area (Å²) in [5, 5.41) is 0. The third-order valence-corrected chi connectivity index (χ3v) is 2.38. The first-order valence-corrected chi connectivity index (χ1v) is 4.50. The molecule has 1 saturated heterocycles. The molecule has 0 amide bonds. The molecular formula is C5H7FO5P+. The minimum atomic E-state index is -2.34. The first-order chi connectivity index (χ1) is 5.65. The molecule has 1 rings (SSSR count). The monoisotopic (exact) mass is 197 g/mol. The molecule has 0 saturated carbocycles. The Hall–Kier alpha value is -0.740. The number of halogens is 1. The van der Waals surface area contributed by atoms with Gasteiger partial charge in [-0.15, -0.1) is 4.52 Å².